The largest absolute Gasteiger partial charge is 0.481 e. The highest BCUT2D eigenvalue weighted by Crippen LogP contribution is 2.14. The fourth-order valence-corrected chi connectivity index (χ4v) is 3.22. The molecule has 0 fully saturated rings. The Kier molecular flexibility index (Phi) is 20.0. The van der Waals surface area contributed by atoms with Gasteiger partial charge in [0, 0.05) is 13.0 Å². The van der Waals surface area contributed by atoms with E-state index in [1.807, 2.05) is 0 Å². The van der Waals surface area contributed by atoms with E-state index in [-0.39, 0.29) is 0 Å². The maximum absolute atomic E-state index is 10.4. The van der Waals surface area contributed by atoms with Gasteiger partial charge in [0.2, 0.25) is 0 Å². The summed E-state index contributed by atoms with van der Waals surface area (Å²) >= 11 is 0. The summed E-state index contributed by atoms with van der Waals surface area (Å²) in [5.74, 6) is -0.659. The summed E-state index contributed by atoms with van der Waals surface area (Å²) in [6, 6.07) is 0. The van der Waals surface area contributed by atoms with Gasteiger partial charge in [0.25, 0.3) is 0 Å². The van der Waals surface area contributed by atoms with Crippen molar-refractivity contribution < 1.29 is 15.0 Å². The van der Waals surface area contributed by atoms with Gasteiger partial charge in [-0.05, 0) is 12.8 Å². The highest BCUT2D eigenvalue weighted by atomic mass is 16.4. The van der Waals surface area contributed by atoms with Crippen molar-refractivity contribution in [2.45, 2.75) is 122 Å². The van der Waals surface area contributed by atoms with Crippen LogP contribution in [0, 0.1) is 0 Å². The number of carboxylic acid groups (broad SMARTS) is 1. The second kappa shape index (κ2) is 20.5. The third-order valence-electron chi connectivity index (χ3n) is 4.80. The van der Waals surface area contributed by atoms with E-state index >= 15 is 0 Å². The number of aliphatic carboxylic acids is 1. The molecule has 0 aliphatic heterocycles. The number of rotatable bonds is 20. The van der Waals surface area contributed by atoms with Crippen molar-refractivity contribution in [2.24, 2.45) is 0 Å². The molecule has 0 aromatic rings. The van der Waals surface area contributed by atoms with Gasteiger partial charge in [-0.2, -0.15) is 0 Å². The van der Waals surface area contributed by atoms with E-state index in [0.29, 0.717) is 13.0 Å². The minimum absolute atomic E-state index is 0.337. The van der Waals surface area contributed by atoms with Crippen molar-refractivity contribution in [3.63, 3.8) is 0 Å². The molecule has 0 aromatic carbocycles. The maximum atomic E-state index is 10.4. The smallest absolute Gasteiger partial charge is 0.303 e. The zero-order valence-electron chi connectivity index (χ0n) is 15.9. The molecule has 2 N–H and O–H groups in total. The SMILES string of the molecule is O=C(O)CCCCCCCCCCCCCCCCCCCCO. The van der Waals surface area contributed by atoms with E-state index in [4.69, 9.17) is 10.2 Å². The van der Waals surface area contributed by atoms with E-state index in [2.05, 4.69) is 0 Å². The highest BCUT2D eigenvalue weighted by molar-refractivity contribution is 5.66. The van der Waals surface area contributed by atoms with Gasteiger partial charge in [0.05, 0.1) is 0 Å². The first-order valence-electron chi connectivity index (χ1n) is 10.6. The number of unbranched alkanes of at least 4 members (excludes halogenated alkanes) is 17. The van der Waals surface area contributed by atoms with Crippen LogP contribution < -0.4 is 0 Å². The minimum atomic E-state index is -0.659. The van der Waals surface area contributed by atoms with Crippen molar-refractivity contribution in [2.75, 3.05) is 6.61 Å². The average molecular weight is 343 g/mol. The number of hydrogen-bond donors (Lipinski definition) is 2. The normalized spacial score (nSPS) is 11.0. The Morgan fingerprint density at radius 3 is 0.958 bits per heavy atom. The predicted molar refractivity (Wildman–Crippen MR) is 102 cm³/mol. The van der Waals surface area contributed by atoms with Crippen molar-refractivity contribution in [3.05, 3.63) is 0 Å². The molecular weight excluding hydrogens is 300 g/mol. The number of aliphatic hydroxyl groups is 1. The predicted octanol–water partition coefficient (Wildman–Crippen LogP) is 6.48. The molecule has 0 bridgehead atoms. The highest BCUT2D eigenvalue weighted by Gasteiger charge is 1.97. The summed E-state index contributed by atoms with van der Waals surface area (Å²) < 4.78 is 0. The number of carbonyl (C=O) groups is 1. The van der Waals surface area contributed by atoms with Crippen LogP contribution in [-0.4, -0.2) is 22.8 Å². The molecule has 24 heavy (non-hydrogen) atoms. The van der Waals surface area contributed by atoms with E-state index in [1.54, 1.807) is 0 Å². The van der Waals surface area contributed by atoms with Gasteiger partial charge in [0.15, 0.2) is 0 Å². The van der Waals surface area contributed by atoms with Crippen LogP contribution in [0.2, 0.25) is 0 Å². The summed E-state index contributed by atoms with van der Waals surface area (Å²) in [5, 5.41) is 17.2. The Labute approximate surface area is 150 Å². The van der Waals surface area contributed by atoms with Gasteiger partial charge < -0.3 is 10.2 Å². The van der Waals surface area contributed by atoms with Gasteiger partial charge in [-0.15, -0.1) is 0 Å². The summed E-state index contributed by atoms with van der Waals surface area (Å²) in [7, 11) is 0. The lowest BCUT2D eigenvalue weighted by molar-refractivity contribution is -0.137. The van der Waals surface area contributed by atoms with E-state index in [1.165, 1.54) is 96.3 Å². The van der Waals surface area contributed by atoms with Crippen molar-refractivity contribution >= 4 is 5.97 Å². The van der Waals surface area contributed by atoms with E-state index in [0.717, 1.165) is 19.3 Å². The van der Waals surface area contributed by atoms with Gasteiger partial charge in [-0.3, -0.25) is 4.79 Å². The maximum Gasteiger partial charge on any atom is 0.303 e. The fourth-order valence-electron chi connectivity index (χ4n) is 3.22. The van der Waals surface area contributed by atoms with Gasteiger partial charge in [-0.25, -0.2) is 0 Å². The van der Waals surface area contributed by atoms with Crippen LogP contribution in [0.25, 0.3) is 0 Å². The van der Waals surface area contributed by atoms with Crippen molar-refractivity contribution in [3.8, 4) is 0 Å². The van der Waals surface area contributed by atoms with Gasteiger partial charge in [0.1, 0.15) is 0 Å². The molecule has 3 heteroatoms. The van der Waals surface area contributed by atoms with Crippen molar-refractivity contribution in [1.82, 2.24) is 0 Å². The van der Waals surface area contributed by atoms with Crippen LogP contribution in [0.5, 0.6) is 0 Å². The van der Waals surface area contributed by atoms with Crippen LogP contribution in [0.4, 0.5) is 0 Å². The standard InChI is InChI=1S/C21H42O3/c22-20-18-16-14-12-10-8-6-4-2-1-3-5-7-9-11-13-15-17-19-21(23)24/h22H,1-20H2,(H,23,24). The Morgan fingerprint density at radius 1 is 0.458 bits per heavy atom. The third kappa shape index (κ3) is 21.4. The first-order valence-corrected chi connectivity index (χ1v) is 10.6. The lowest BCUT2D eigenvalue weighted by Crippen LogP contribution is -1.93. The molecule has 0 radical (unpaired) electrons. The van der Waals surface area contributed by atoms with Crippen molar-refractivity contribution in [1.29, 1.82) is 0 Å². The zero-order chi connectivity index (χ0) is 17.7. The monoisotopic (exact) mass is 342 g/mol. The van der Waals surface area contributed by atoms with Gasteiger partial charge >= 0.3 is 5.97 Å². The summed E-state index contributed by atoms with van der Waals surface area (Å²) in [6.45, 7) is 0.354. The summed E-state index contributed by atoms with van der Waals surface area (Å²) in [5.41, 5.74) is 0. The van der Waals surface area contributed by atoms with E-state index in [9.17, 15) is 4.79 Å². The molecule has 0 heterocycles. The molecule has 0 amide bonds. The molecular formula is C21H42O3. The number of carboxylic acids is 1. The first kappa shape index (κ1) is 23.4. The van der Waals surface area contributed by atoms with Crippen LogP contribution >= 0.6 is 0 Å². The van der Waals surface area contributed by atoms with Crippen LogP contribution in [0.1, 0.15) is 122 Å². The summed E-state index contributed by atoms with van der Waals surface area (Å²) in [4.78, 5) is 10.4. The average Bonchev–Trinajstić information content (AvgIpc) is 2.56. The first-order chi connectivity index (χ1) is 11.8. The van der Waals surface area contributed by atoms with Crippen LogP contribution in [0.15, 0.2) is 0 Å². The Balaban J connectivity index is 2.97. The Hall–Kier alpha value is -0.570. The van der Waals surface area contributed by atoms with E-state index < -0.39 is 5.97 Å². The quantitative estimate of drug-likeness (QED) is 0.249. The molecule has 0 aromatic heterocycles. The lowest BCUT2D eigenvalue weighted by atomic mass is 10.0. The second-order valence-corrected chi connectivity index (χ2v) is 7.23. The van der Waals surface area contributed by atoms with Crippen LogP contribution in [0.3, 0.4) is 0 Å². The molecule has 144 valence electrons. The number of aliphatic hydroxyl groups excluding tert-OH is 1. The molecule has 0 rings (SSSR count). The number of hydrogen-bond acceptors (Lipinski definition) is 2. The topological polar surface area (TPSA) is 57.5 Å². The molecule has 0 unspecified atom stereocenters. The van der Waals surface area contributed by atoms with Crippen LogP contribution in [-0.2, 0) is 4.79 Å². The Morgan fingerprint density at radius 2 is 0.708 bits per heavy atom. The second-order valence-electron chi connectivity index (χ2n) is 7.23. The zero-order valence-corrected chi connectivity index (χ0v) is 15.9. The molecule has 0 atom stereocenters. The minimum Gasteiger partial charge on any atom is -0.481 e. The molecule has 0 aliphatic rings. The van der Waals surface area contributed by atoms with Gasteiger partial charge in [-0.1, -0.05) is 103 Å². The lowest BCUT2D eigenvalue weighted by Gasteiger charge is -2.03. The molecule has 0 aliphatic carbocycles. The molecule has 0 spiro atoms. The molecule has 0 saturated heterocycles. The summed E-state index contributed by atoms with van der Waals surface area (Å²) in [6.07, 6.45) is 23.3. The molecule has 0 saturated carbocycles. The third-order valence-corrected chi connectivity index (χ3v) is 4.80. The Bertz CT molecular complexity index is 253. The molecule has 3 nitrogen and oxygen atoms in total. The fraction of sp³-hybridized carbons (Fsp3) is 0.952.